The second-order valence-electron chi connectivity index (χ2n) is 5.16. The van der Waals surface area contributed by atoms with Crippen LogP contribution in [0.4, 0.5) is 10.5 Å². The van der Waals surface area contributed by atoms with Crippen LogP contribution in [0.1, 0.15) is 27.7 Å². The van der Waals surface area contributed by atoms with Gasteiger partial charge in [-0.05, 0) is 64.2 Å². The van der Waals surface area contributed by atoms with Crippen molar-refractivity contribution in [2.45, 2.75) is 33.3 Å². The lowest BCUT2D eigenvalue weighted by molar-refractivity contribution is 0.0513. The Morgan fingerprint density at radius 2 is 1.81 bits per heavy atom. The van der Waals surface area contributed by atoms with Crippen LogP contribution in [0.2, 0.25) is 0 Å². The number of carbonyl (C=O) groups is 1. The number of hydrogen-bond acceptors (Lipinski definition) is 4. The van der Waals surface area contributed by atoms with E-state index in [9.17, 15) is 4.79 Å². The highest BCUT2D eigenvalue weighted by Gasteiger charge is 2.15. The number of benzene rings is 1. The second-order valence-corrected chi connectivity index (χ2v) is 5.57. The minimum atomic E-state index is -0.599. The minimum Gasteiger partial charge on any atom is -0.494 e. The van der Waals surface area contributed by atoms with Gasteiger partial charge in [-0.15, -0.1) is 0 Å². The number of carbonyl (C=O) groups excluding carboxylic acids is 1. The zero-order valence-electron chi connectivity index (χ0n) is 12.6. The lowest BCUT2D eigenvalue weighted by atomic mass is 10.2. The van der Waals surface area contributed by atoms with Crippen LogP contribution in [0, 0.1) is 0 Å². The molecule has 0 spiro atoms. The highest BCUT2D eigenvalue weighted by atomic mass is 32.1. The van der Waals surface area contributed by atoms with Crippen LogP contribution in [-0.4, -0.2) is 23.4 Å². The second kappa shape index (κ2) is 7.68. The average molecular weight is 311 g/mol. The van der Waals surface area contributed by atoms with Gasteiger partial charge in [0.15, 0.2) is 5.11 Å². The molecular formula is C14H21N3O3S. The quantitative estimate of drug-likeness (QED) is 0.589. The first kappa shape index (κ1) is 17.0. The van der Waals surface area contributed by atoms with Crippen molar-refractivity contribution in [3.63, 3.8) is 0 Å². The molecule has 0 unspecified atom stereocenters. The third-order valence-corrected chi connectivity index (χ3v) is 2.30. The topological polar surface area (TPSA) is 71.6 Å². The first-order valence-corrected chi connectivity index (χ1v) is 7.00. The van der Waals surface area contributed by atoms with Gasteiger partial charge in [-0.3, -0.25) is 5.43 Å². The molecule has 116 valence electrons. The van der Waals surface area contributed by atoms with Gasteiger partial charge < -0.3 is 14.8 Å². The fraction of sp³-hybridized carbons (Fsp3) is 0.429. The average Bonchev–Trinajstić information content (AvgIpc) is 2.37. The van der Waals surface area contributed by atoms with Crippen LogP contribution in [0.5, 0.6) is 5.75 Å². The summed E-state index contributed by atoms with van der Waals surface area (Å²) < 4.78 is 10.4. The molecule has 6 nitrogen and oxygen atoms in total. The van der Waals surface area contributed by atoms with E-state index in [4.69, 9.17) is 21.7 Å². The van der Waals surface area contributed by atoms with Gasteiger partial charge in [0, 0.05) is 5.69 Å². The zero-order chi connectivity index (χ0) is 15.9. The van der Waals surface area contributed by atoms with Gasteiger partial charge in [0.25, 0.3) is 0 Å². The van der Waals surface area contributed by atoms with Crippen molar-refractivity contribution >= 4 is 29.1 Å². The maximum absolute atomic E-state index is 11.4. The summed E-state index contributed by atoms with van der Waals surface area (Å²) in [5, 5.41) is 3.18. The SMILES string of the molecule is CCOc1ccc(NC(=S)NNC(=O)OC(C)(C)C)cc1. The molecule has 1 aromatic rings. The van der Waals surface area contributed by atoms with Gasteiger partial charge in [-0.1, -0.05) is 0 Å². The molecule has 1 aromatic carbocycles. The number of anilines is 1. The van der Waals surface area contributed by atoms with Gasteiger partial charge >= 0.3 is 6.09 Å². The Morgan fingerprint density at radius 1 is 1.19 bits per heavy atom. The highest BCUT2D eigenvalue weighted by Crippen LogP contribution is 2.15. The molecule has 0 aliphatic rings. The third kappa shape index (κ3) is 7.36. The van der Waals surface area contributed by atoms with E-state index in [2.05, 4.69) is 16.2 Å². The summed E-state index contributed by atoms with van der Waals surface area (Å²) in [5.41, 5.74) is 5.13. The highest BCUT2D eigenvalue weighted by molar-refractivity contribution is 7.80. The molecule has 0 aromatic heterocycles. The van der Waals surface area contributed by atoms with E-state index in [0.29, 0.717) is 6.61 Å². The van der Waals surface area contributed by atoms with E-state index in [1.807, 2.05) is 31.2 Å². The molecule has 1 rings (SSSR count). The summed E-state index contributed by atoms with van der Waals surface area (Å²) in [7, 11) is 0. The number of amides is 1. The summed E-state index contributed by atoms with van der Waals surface area (Å²) in [6.07, 6.45) is -0.599. The van der Waals surface area contributed by atoms with Crippen molar-refractivity contribution in [3.8, 4) is 5.75 Å². The van der Waals surface area contributed by atoms with Crippen LogP contribution >= 0.6 is 12.2 Å². The molecule has 3 N–H and O–H groups in total. The summed E-state index contributed by atoms with van der Waals surface area (Å²) >= 11 is 5.06. The molecule has 0 saturated heterocycles. The monoisotopic (exact) mass is 311 g/mol. The normalized spacial score (nSPS) is 10.5. The summed E-state index contributed by atoms with van der Waals surface area (Å²) in [4.78, 5) is 11.4. The fourth-order valence-electron chi connectivity index (χ4n) is 1.37. The number of nitrogens with one attached hydrogen (secondary N) is 3. The predicted molar refractivity (Wildman–Crippen MR) is 86.3 cm³/mol. The number of hydrazine groups is 1. The van der Waals surface area contributed by atoms with Gasteiger partial charge in [-0.25, -0.2) is 10.2 Å². The molecule has 0 atom stereocenters. The Morgan fingerprint density at radius 3 is 2.33 bits per heavy atom. The van der Waals surface area contributed by atoms with Crippen LogP contribution < -0.4 is 20.9 Å². The van der Waals surface area contributed by atoms with Crippen molar-refractivity contribution in [2.24, 2.45) is 0 Å². The van der Waals surface area contributed by atoms with E-state index in [1.54, 1.807) is 20.8 Å². The van der Waals surface area contributed by atoms with Gasteiger partial charge in [0.05, 0.1) is 6.61 Å². The van der Waals surface area contributed by atoms with E-state index < -0.39 is 11.7 Å². The molecule has 0 saturated carbocycles. The van der Waals surface area contributed by atoms with Crippen LogP contribution in [0.3, 0.4) is 0 Å². The van der Waals surface area contributed by atoms with Crippen molar-refractivity contribution in [2.75, 3.05) is 11.9 Å². The number of rotatable bonds is 3. The summed E-state index contributed by atoms with van der Waals surface area (Å²) in [6.45, 7) is 7.88. The Kier molecular flexibility index (Phi) is 6.23. The van der Waals surface area contributed by atoms with Gasteiger partial charge in [-0.2, -0.15) is 0 Å². The number of hydrogen-bond donors (Lipinski definition) is 3. The zero-order valence-corrected chi connectivity index (χ0v) is 13.5. The lowest BCUT2D eigenvalue weighted by Crippen LogP contribution is -2.45. The molecule has 0 bridgehead atoms. The summed E-state index contributed by atoms with van der Waals surface area (Å²) in [5.74, 6) is 0.786. The van der Waals surface area contributed by atoms with Gasteiger partial charge in [0.1, 0.15) is 11.4 Å². The number of thiocarbonyl (C=S) groups is 1. The van der Waals surface area contributed by atoms with Gasteiger partial charge in [0.2, 0.25) is 0 Å². The predicted octanol–water partition coefficient (Wildman–Crippen LogP) is 2.81. The van der Waals surface area contributed by atoms with Crippen molar-refractivity contribution in [1.82, 2.24) is 10.9 Å². The van der Waals surface area contributed by atoms with Crippen LogP contribution in [-0.2, 0) is 4.74 Å². The lowest BCUT2D eigenvalue weighted by Gasteiger charge is -2.20. The minimum absolute atomic E-state index is 0.255. The molecule has 0 fully saturated rings. The standard InChI is InChI=1S/C14H21N3O3S/c1-5-19-11-8-6-10(7-9-11)15-12(21)16-17-13(18)20-14(2,3)4/h6-9H,5H2,1-4H3,(H,17,18)(H2,15,16,21). The molecule has 1 amide bonds. The Bertz CT molecular complexity index is 483. The first-order chi connectivity index (χ1) is 9.80. The Labute approximate surface area is 130 Å². The maximum Gasteiger partial charge on any atom is 0.426 e. The largest absolute Gasteiger partial charge is 0.494 e. The molecule has 0 aliphatic carbocycles. The third-order valence-electron chi connectivity index (χ3n) is 2.10. The van der Waals surface area contributed by atoms with Crippen LogP contribution in [0.25, 0.3) is 0 Å². The van der Waals surface area contributed by atoms with E-state index in [1.165, 1.54) is 0 Å². The molecule has 0 aliphatic heterocycles. The first-order valence-electron chi connectivity index (χ1n) is 6.59. The van der Waals surface area contributed by atoms with E-state index >= 15 is 0 Å². The number of ether oxygens (including phenoxy) is 2. The van der Waals surface area contributed by atoms with E-state index in [0.717, 1.165) is 11.4 Å². The molecule has 0 heterocycles. The molecule has 7 heteroatoms. The molecular weight excluding hydrogens is 290 g/mol. The Balaban J connectivity index is 2.38. The van der Waals surface area contributed by atoms with Crippen molar-refractivity contribution in [1.29, 1.82) is 0 Å². The van der Waals surface area contributed by atoms with Crippen LogP contribution in [0.15, 0.2) is 24.3 Å². The Hall–Kier alpha value is -2.02. The van der Waals surface area contributed by atoms with E-state index in [-0.39, 0.29) is 5.11 Å². The molecule has 21 heavy (non-hydrogen) atoms. The fourth-order valence-corrected chi connectivity index (χ4v) is 1.54. The smallest absolute Gasteiger partial charge is 0.426 e. The maximum atomic E-state index is 11.4. The van der Waals surface area contributed by atoms with Crippen molar-refractivity contribution < 1.29 is 14.3 Å². The summed E-state index contributed by atoms with van der Waals surface area (Å²) in [6, 6.07) is 7.31. The van der Waals surface area contributed by atoms with Crippen molar-refractivity contribution in [3.05, 3.63) is 24.3 Å². The molecule has 0 radical (unpaired) electrons.